The predicted octanol–water partition coefficient (Wildman–Crippen LogP) is 4.66. The van der Waals surface area contributed by atoms with Gasteiger partial charge in [-0.05, 0) is 61.7 Å². The number of pyridine rings is 1. The van der Waals surface area contributed by atoms with Gasteiger partial charge in [-0.15, -0.1) is 0 Å². The monoisotopic (exact) mass is 342 g/mol. The quantitative estimate of drug-likeness (QED) is 0.486. The third-order valence-electron chi connectivity index (χ3n) is 5.16. The van der Waals surface area contributed by atoms with Crippen LogP contribution >= 0.6 is 0 Å². The first-order chi connectivity index (χ1) is 12.5. The summed E-state index contributed by atoms with van der Waals surface area (Å²) in [5, 5.41) is 0. The van der Waals surface area contributed by atoms with Crippen LogP contribution in [0.3, 0.4) is 0 Å². The molecule has 0 atom stereocenters. The Labute approximate surface area is 154 Å². The molecule has 3 heteroatoms. The van der Waals surface area contributed by atoms with Gasteiger partial charge in [-0.25, -0.2) is 9.55 Å². The molecule has 2 aromatic heterocycles. The normalized spacial score (nSPS) is 11.3. The molecule has 0 radical (unpaired) electrons. The van der Waals surface area contributed by atoms with Crippen molar-refractivity contribution in [3.8, 4) is 22.6 Å². The molecule has 0 bridgehead atoms. The first kappa shape index (κ1) is 16.5. The lowest BCUT2D eigenvalue weighted by Gasteiger charge is -2.12. The Morgan fingerprint density at radius 2 is 1.62 bits per heavy atom. The summed E-state index contributed by atoms with van der Waals surface area (Å²) in [6, 6.07) is 17.2. The van der Waals surface area contributed by atoms with E-state index in [4.69, 9.17) is 4.98 Å². The summed E-state index contributed by atoms with van der Waals surface area (Å²) in [7, 11) is 4.20. The molecule has 0 amide bonds. The van der Waals surface area contributed by atoms with Crippen molar-refractivity contribution in [1.82, 2.24) is 9.55 Å². The number of fused-ring (bicyclic) bond motifs is 1. The van der Waals surface area contributed by atoms with Crippen LogP contribution in [0.4, 0.5) is 0 Å². The van der Waals surface area contributed by atoms with Gasteiger partial charge < -0.3 is 4.57 Å². The summed E-state index contributed by atoms with van der Waals surface area (Å²) in [4.78, 5) is 4.92. The zero-order chi connectivity index (χ0) is 18.4. The number of aryl methyl sites for hydroxylation is 4. The Hall–Kier alpha value is -2.94. The molecule has 0 aliphatic carbocycles. The number of nitrogens with zero attached hydrogens (tertiary/aromatic N) is 3. The lowest BCUT2D eigenvalue weighted by atomic mass is 9.95. The molecule has 0 aliphatic heterocycles. The van der Waals surface area contributed by atoms with Gasteiger partial charge in [-0.3, -0.25) is 0 Å². The Kier molecular flexibility index (Phi) is 3.87. The Morgan fingerprint density at radius 3 is 2.38 bits per heavy atom. The number of imidazole rings is 1. The molecule has 2 aromatic carbocycles. The van der Waals surface area contributed by atoms with Crippen molar-refractivity contribution in [2.75, 3.05) is 0 Å². The van der Waals surface area contributed by atoms with Crippen LogP contribution in [0.15, 0.2) is 54.7 Å². The van der Waals surface area contributed by atoms with Crippen molar-refractivity contribution < 1.29 is 4.57 Å². The van der Waals surface area contributed by atoms with Gasteiger partial charge in [0.15, 0.2) is 6.20 Å². The lowest BCUT2D eigenvalue weighted by Crippen LogP contribution is -2.30. The highest BCUT2D eigenvalue weighted by atomic mass is 15.1. The van der Waals surface area contributed by atoms with E-state index in [1.807, 2.05) is 6.07 Å². The zero-order valence-corrected chi connectivity index (χ0v) is 16.0. The SMILES string of the molecule is Cc1cc(-c2nc3ccccc3n2C)c(C)c(-c2cc(C)cc[n+]2C)c1. The van der Waals surface area contributed by atoms with Gasteiger partial charge in [0.25, 0.3) is 0 Å². The molecule has 0 saturated heterocycles. The number of rotatable bonds is 2. The summed E-state index contributed by atoms with van der Waals surface area (Å²) in [6.07, 6.45) is 2.13. The number of hydrogen-bond acceptors (Lipinski definition) is 1. The van der Waals surface area contributed by atoms with Crippen molar-refractivity contribution in [3.05, 3.63) is 71.4 Å². The van der Waals surface area contributed by atoms with E-state index >= 15 is 0 Å². The van der Waals surface area contributed by atoms with E-state index in [0.717, 1.165) is 16.9 Å². The molecule has 0 fully saturated rings. The maximum atomic E-state index is 4.92. The Balaban J connectivity index is 2.00. The van der Waals surface area contributed by atoms with E-state index in [1.165, 1.54) is 33.5 Å². The van der Waals surface area contributed by atoms with Gasteiger partial charge in [0, 0.05) is 24.7 Å². The topological polar surface area (TPSA) is 21.7 Å². The van der Waals surface area contributed by atoms with Crippen LogP contribution in [0.25, 0.3) is 33.7 Å². The zero-order valence-electron chi connectivity index (χ0n) is 16.0. The minimum atomic E-state index is 1.02. The third-order valence-corrected chi connectivity index (χ3v) is 5.16. The van der Waals surface area contributed by atoms with E-state index in [0.29, 0.717) is 0 Å². The van der Waals surface area contributed by atoms with Crippen LogP contribution in [0.1, 0.15) is 16.7 Å². The molecule has 3 nitrogen and oxygen atoms in total. The number of hydrogen-bond donors (Lipinski definition) is 0. The Morgan fingerprint density at radius 1 is 0.885 bits per heavy atom. The predicted molar refractivity (Wildman–Crippen MR) is 107 cm³/mol. The molecular weight excluding hydrogens is 318 g/mol. The average molecular weight is 342 g/mol. The average Bonchev–Trinajstić information content (AvgIpc) is 2.96. The lowest BCUT2D eigenvalue weighted by molar-refractivity contribution is -0.660. The fourth-order valence-electron chi connectivity index (χ4n) is 3.69. The van der Waals surface area contributed by atoms with Gasteiger partial charge >= 0.3 is 0 Å². The highest BCUT2D eigenvalue weighted by molar-refractivity contribution is 5.83. The summed E-state index contributed by atoms with van der Waals surface area (Å²) < 4.78 is 4.38. The fraction of sp³-hybridized carbons (Fsp3) is 0.217. The second-order valence-electron chi connectivity index (χ2n) is 7.17. The number of para-hydroxylation sites is 2. The van der Waals surface area contributed by atoms with Crippen LogP contribution in [-0.4, -0.2) is 9.55 Å². The summed E-state index contributed by atoms with van der Waals surface area (Å²) >= 11 is 0. The molecule has 0 saturated carbocycles. The van der Waals surface area contributed by atoms with Crippen molar-refractivity contribution in [3.63, 3.8) is 0 Å². The van der Waals surface area contributed by atoms with Crippen LogP contribution < -0.4 is 4.57 Å². The highest BCUT2D eigenvalue weighted by Gasteiger charge is 2.19. The minimum Gasteiger partial charge on any atom is -0.327 e. The van der Waals surface area contributed by atoms with Crippen molar-refractivity contribution in [1.29, 1.82) is 0 Å². The molecule has 0 aliphatic rings. The first-order valence-corrected chi connectivity index (χ1v) is 8.95. The number of benzene rings is 2. The second kappa shape index (κ2) is 6.10. The maximum absolute atomic E-state index is 4.92. The van der Waals surface area contributed by atoms with E-state index in [2.05, 4.69) is 92.7 Å². The van der Waals surface area contributed by atoms with Crippen LogP contribution in [0.2, 0.25) is 0 Å². The van der Waals surface area contributed by atoms with Gasteiger partial charge in [-0.2, -0.15) is 0 Å². The first-order valence-electron chi connectivity index (χ1n) is 8.95. The third kappa shape index (κ3) is 2.60. The summed E-state index contributed by atoms with van der Waals surface area (Å²) in [5.74, 6) is 1.02. The molecule has 4 rings (SSSR count). The van der Waals surface area contributed by atoms with Gasteiger partial charge in [-0.1, -0.05) is 12.1 Å². The Bertz CT molecular complexity index is 1140. The maximum Gasteiger partial charge on any atom is 0.212 e. The van der Waals surface area contributed by atoms with Crippen molar-refractivity contribution >= 4 is 11.0 Å². The van der Waals surface area contributed by atoms with E-state index < -0.39 is 0 Å². The standard InChI is InChI=1S/C23H24N3/c1-15-10-11-25(4)22(14-15)18-12-16(2)13-19(17(18)3)23-24-20-8-6-7-9-21(20)26(23)5/h6-14H,1-5H3/q+1. The molecular formula is C23H24N3+. The largest absolute Gasteiger partial charge is 0.327 e. The molecule has 2 heterocycles. The van der Waals surface area contributed by atoms with E-state index in [-0.39, 0.29) is 0 Å². The molecule has 4 aromatic rings. The van der Waals surface area contributed by atoms with Crippen molar-refractivity contribution in [2.45, 2.75) is 20.8 Å². The van der Waals surface area contributed by atoms with Gasteiger partial charge in [0.1, 0.15) is 12.9 Å². The summed E-state index contributed by atoms with van der Waals surface area (Å²) in [5.41, 5.74) is 9.65. The molecule has 0 unspecified atom stereocenters. The molecule has 0 N–H and O–H groups in total. The molecule has 130 valence electrons. The molecule has 0 spiro atoms. The fourth-order valence-corrected chi connectivity index (χ4v) is 3.69. The minimum absolute atomic E-state index is 1.02. The van der Waals surface area contributed by atoms with E-state index in [1.54, 1.807) is 0 Å². The van der Waals surface area contributed by atoms with Crippen LogP contribution in [0.5, 0.6) is 0 Å². The smallest absolute Gasteiger partial charge is 0.212 e. The molecule has 26 heavy (non-hydrogen) atoms. The van der Waals surface area contributed by atoms with Crippen LogP contribution in [0, 0.1) is 20.8 Å². The summed E-state index contributed by atoms with van der Waals surface area (Å²) in [6.45, 7) is 6.50. The van der Waals surface area contributed by atoms with Crippen LogP contribution in [-0.2, 0) is 14.1 Å². The van der Waals surface area contributed by atoms with E-state index in [9.17, 15) is 0 Å². The van der Waals surface area contributed by atoms with Crippen molar-refractivity contribution in [2.24, 2.45) is 14.1 Å². The second-order valence-corrected chi connectivity index (χ2v) is 7.17. The van der Waals surface area contributed by atoms with Gasteiger partial charge in [0.05, 0.1) is 16.6 Å². The van der Waals surface area contributed by atoms with Gasteiger partial charge in [0.2, 0.25) is 5.69 Å². The number of aromatic nitrogens is 3. The highest BCUT2D eigenvalue weighted by Crippen LogP contribution is 2.33.